The van der Waals surface area contributed by atoms with Gasteiger partial charge in [-0.15, -0.1) is 24.0 Å². The molecule has 1 unspecified atom stereocenters. The summed E-state index contributed by atoms with van der Waals surface area (Å²) < 4.78 is 11.1. The summed E-state index contributed by atoms with van der Waals surface area (Å²) >= 11 is 0. The maximum Gasteiger partial charge on any atom is 0.193 e. The van der Waals surface area contributed by atoms with Crippen LogP contribution in [0.2, 0.25) is 0 Å². The largest absolute Gasteiger partial charge is 0.496 e. The minimum atomic E-state index is 0. The first-order valence-corrected chi connectivity index (χ1v) is 9.45. The molecule has 1 heterocycles. The zero-order valence-electron chi connectivity index (χ0n) is 17.5. The Hall–Kier alpha value is -1.74. The molecule has 2 rings (SSSR count). The number of para-hydroxylation sites is 1. The Morgan fingerprint density at radius 1 is 1.18 bits per heavy atom. The first-order chi connectivity index (χ1) is 13.1. The van der Waals surface area contributed by atoms with Gasteiger partial charge in [-0.05, 0) is 31.3 Å². The van der Waals surface area contributed by atoms with Gasteiger partial charge in [0.05, 0.1) is 19.4 Å². The quantitative estimate of drug-likeness (QED) is 0.321. The van der Waals surface area contributed by atoms with Gasteiger partial charge in [-0.25, -0.2) is 0 Å². The molecule has 7 heteroatoms. The highest BCUT2D eigenvalue weighted by Gasteiger charge is 2.21. The molecule has 1 N–H and O–H groups in total. The molecule has 0 aliphatic carbocycles. The van der Waals surface area contributed by atoms with Crippen LogP contribution in [0.5, 0.6) is 5.75 Å². The molecule has 0 aliphatic heterocycles. The van der Waals surface area contributed by atoms with Crippen LogP contribution < -0.4 is 10.1 Å². The van der Waals surface area contributed by atoms with Crippen LogP contribution in [0.15, 0.2) is 52.1 Å². The fourth-order valence-electron chi connectivity index (χ4n) is 3.29. The van der Waals surface area contributed by atoms with Crippen molar-refractivity contribution in [3.8, 4) is 5.75 Å². The predicted octanol–water partition coefficient (Wildman–Crippen LogP) is 4.00. The van der Waals surface area contributed by atoms with E-state index in [9.17, 15) is 0 Å². The molecule has 0 bridgehead atoms. The zero-order chi connectivity index (χ0) is 19.6. The van der Waals surface area contributed by atoms with Crippen molar-refractivity contribution in [2.45, 2.75) is 26.4 Å². The van der Waals surface area contributed by atoms with E-state index in [0.29, 0.717) is 6.54 Å². The van der Waals surface area contributed by atoms with E-state index in [1.807, 2.05) is 37.4 Å². The van der Waals surface area contributed by atoms with E-state index in [0.717, 1.165) is 42.7 Å². The van der Waals surface area contributed by atoms with Gasteiger partial charge in [-0.3, -0.25) is 9.89 Å². The van der Waals surface area contributed by atoms with Gasteiger partial charge in [0.1, 0.15) is 11.5 Å². The molecular formula is C21H33IN4O2. The Balaban J connectivity index is 0.00000392. The van der Waals surface area contributed by atoms with E-state index >= 15 is 0 Å². The highest BCUT2D eigenvalue weighted by Crippen LogP contribution is 2.21. The van der Waals surface area contributed by atoms with Crippen molar-refractivity contribution in [1.82, 2.24) is 15.1 Å². The number of hydrogen-bond donors (Lipinski definition) is 1. The molecule has 0 amide bonds. The smallest absolute Gasteiger partial charge is 0.193 e. The van der Waals surface area contributed by atoms with Crippen LogP contribution in [0, 0.1) is 0 Å². The predicted molar refractivity (Wildman–Crippen MR) is 126 cm³/mol. The van der Waals surface area contributed by atoms with Crippen LogP contribution in [0.1, 0.15) is 31.2 Å². The third-order valence-electron chi connectivity index (χ3n) is 4.75. The summed E-state index contributed by atoms with van der Waals surface area (Å²) in [5.74, 6) is 2.69. The SMILES string of the molecule is CCN(CC)C(CNC(=NC)N(C)Cc1ccccc1OC)c1ccco1.I. The van der Waals surface area contributed by atoms with Crippen molar-refractivity contribution in [2.24, 2.45) is 4.99 Å². The van der Waals surface area contributed by atoms with Crippen molar-refractivity contribution >= 4 is 29.9 Å². The molecule has 1 aromatic carbocycles. The number of benzene rings is 1. The first kappa shape index (κ1) is 24.3. The molecule has 1 aromatic heterocycles. The van der Waals surface area contributed by atoms with Gasteiger partial charge in [0.15, 0.2) is 5.96 Å². The number of ether oxygens (including phenoxy) is 1. The number of halogens is 1. The highest BCUT2D eigenvalue weighted by atomic mass is 127. The average Bonchev–Trinajstić information content (AvgIpc) is 3.22. The summed E-state index contributed by atoms with van der Waals surface area (Å²) in [5.41, 5.74) is 1.12. The number of methoxy groups -OCH3 is 1. The Morgan fingerprint density at radius 3 is 2.46 bits per heavy atom. The Bertz CT molecular complexity index is 702. The van der Waals surface area contributed by atoms with Gasteiger partial charge in [-0.1, -0.05) is 32.0 Å². The Kier molecular flexibility index (Phi) is 11.0. The van der Waals surface area contributed by atoms with Crippen LogP contribution in [0.4, 0.5) is 0 Å². The number of nitrogens with one attached hydrogen (secondary N) is 1. The monoisotopic (exact) mass is 500 g/mol. The summed E-state index contributed by atoms with van der Waals surface area (Å²) in [4.78, 5) is 8.92. The molecule has 0 radical (unpaired) electrons. The van der Waals surface area contributed by atoms with Crippen LogP contribution in [-0.2, 0) is 6.54 Å². The van der Waals surface area contributed by atoms with Crippen LogP contribution >= 0.6 is 24.0 Å². The third-order valence-corrected chi connectivity index (χ3v) is 4.75. The van der Waals surface area contributed by atoms with E-state index in [1.165, 1.54) is 0 Å². The molecule has 28 heavy (non-hydrogen) atoms. The number of furan rings is 1. The lowest BCUT2D eigenvalue weighted by molar-refractivity contribution is 0.192. The first-order valence-electron chi connectivity index (χ1n) is 9.45. The topological polar surface area (TPSA) is 53.2 Å². The van der Waals surface area contributed by atoms with Gasteiger partial charge in [-0.2, -0.15) is 0 Å². The van der Waals surface area contributed by atoms with Crippen LogP contribution in [0.3, 0.4) is 0 Å². The number of aliphatic imine (C=N–C) groups is 1. The molecule has 1 atom stereocenters. The lowest BCUT2D eigenvalue weighted by Gasteiger charge is -2.30. The molecule has 156 valence electrons. The van der Waals surface area contributed by atoms with E-state index in [2.05, 4.69) is 40.0 Å². The van der Waals surface area contributed by atoms with Crippen molar-refractivity contribution < 1.29 is 9.15 Å². The van der Waals surface area contributed by atoms with Crippen LogP contribution in [0.25, 0.3) is 0 Å². The molecule has 0 aliphatic rings. The van der Waals surface area contributed by atoms with Gasteiger partial charge in [0.2, 0.25) is 0 Å². The number of nitrogens with zero attached hydrogens (tertiary/aromatic N) is 3. The third kappa shape index (κ3) is 6.41. The van der Waals surface area contributed by atoms with Gasteiger partial charge < -0.3 is 19.4 Å². The zero-order valence-corrected chi connectivity index (χ0v) is 19.8. The number of rotatable bonds is 9. The second-order valence-electron chi connectivity index (χ2n) is 6.35. The maximum absolute atomic E-state index is 5.68. The minimum absolute atomic E-state index is 0. The van der Waals surface area contributed by atoms with Gasteiger partial charge in [0.25, 0.3) is 0 Å². The highest BCUT2D eigenvalue weighted by molar-refractivity contribution is 14.0. The molecule has 6 nitrogen and oxygen atoms in total. The Labute approximate surface area is 186 Å². The lowest BCUT2D eigenvalue weighted by atomic mass is 10.2. The van der Waals surface area contributed by atoms with E-state index < -0.39 is 0 Å². The van der Waals surface area contributed by atoms with Crippen molar-refractivity contribution in [1.29, 1.82) is 0 Å². The molecule has 0 spiro atoms. The summed E-state index contributed by atoms with van der Waals surface area (Å²) in [7, 11) is 5.53. The summed E-state index contributed by atoms with van der Waals surface area (Å²) in [6.07, 6.45) is 1.73. The fraction of sp³-hybridized carbons (Fsp3) is 0.476. The van der Waals surface area contributed by atoms with Crippen LogP contribution in [-0.4, -0.2) is 56.6 Å². The normalized spacial score (nSPS) is 12.4. The fourth-order valence-corrected chi connectivity index (χ4v) is 3.29. The standard InChI is InChI=1S/C21H32N4O2.HI/c1-6-25(7-2)18(20-13-10-14-27-20)15-23-21(22-3)24(4)16-17-11-8-9-12-19(17)26-5;/h8-14,18H,6-7,15-16H2,1-5H3,(H,22,23);1H. The van der Waals surface area contributed by atoms with Crippen molar-refractivity contribution in [2.75, 3.05) is 40.8 Å². The van der Waals surface area contributed by atoms with Crippen molar-refractivity contribution in [3.63, 3.8) is 0 Å². The second kappa shape index (κ2) is 12.7. The molecule has 0 saturated carbocycles. The average molecular weight is 500 g/mol. The lowest BCUT2D eigenvalue weighted by Crippen LogP contribution is -2.43. The van der Waals surface area contributed by atoms with Crippen molar-refractivity contribution in [3.05, 3.63) is 54.0 Å². The summed E-state index contributed by atoms with van der Waals surface area (Å²) in [6.45, 7) is 7.68. The van der Waals surface area contributed by atoms with E-state index in [-0.39, 0.29) is 30.0 Å². The molecule has 0 fully saturated rings. The minimum Gasteiger partial charge on any atom is -0.496 e. The van der Waals surface area contributed by atoms with E-state index in [1.54, 1.807) is 20.4 Å². The maximum atomic E-state index is 5.68. The second-order valence-corrected chi connectivity index (χ2v) is 6.35. The number of hydrogen-bond acceptors (Lipinski definition) is 4. The molecular weight excluding hydrogens is 467 g/mol. The number of likely N-dealkylation sites (N-methyl/N-ethyl adjacent to an activating group) is 1. The number of guanidine groups is 1. The Morgan fingerprint density at radius 2 is 1.89 bits per heavy atom. The summed E-state index contributed by atoms with van der Waals surface area (Å²) in [5, 5.41) is 3.50. The summed E-state index contributed by atoms with van der Waals surface area (Å²) in [6, 6.07) is 12.2. The molecule has 2 aromatic rings. The molecule has 0 saturated heterocycles. The van der Waals surface area contributed by atoms with Gasteiger partial charge in [0, 0.05) is 32.7 Å². The van der Waals surface area contributed by atoms with Gasteiger partial charge >= 0.3 is 0 Å². The van der Waals surface area contributed by atoms with E-state index in [4.69, 9.17) is 9.15 Å².